The van der Waals surface area contributed by atoms with Crippen LogP contribution < -0.4 is 5.32 Å². The molecule has 0 amide bonds. The van der Waals surface area contributed by atoms with Crippen LogP contribution in [-0.4, -0.2) is 18.2 Å². The van der Waals surface area contributed by atoms with Crippen LogP contribution in [0.2, 0.25) is 0 Å². The molecule has 2 N–H and O–H groups in total. The fraction of sp³-hybridized carbons (Fsp3) is 0.538. The van der Waals surface area contributed by atoms with Gasteiger partial charge in [-0.1, -0.05) is 25.1 Å². The molecule has 0 aliphatic heterocycles. The lowest BCUT2D eigenvalue weighted by Crippen LogP contribution is -2.36. The molecule has 2 heteroatoms. The van der Waals surface area contributed by atoms with E-state index in [1.54, 1.807) is 0 Å². The van der Waals surface area contributed by atoms with Crippen LogP contribution in [0.3, 0.4) is 0 Å². The monoisotopic (exact) mass is 207 g/mol. The first-order valence-corrected chi connectivity index (χ1v) is 5.49. The van der Waals surface area contributed by atoms with Gasteiger partial charge in [-0.05, 0) is 44.0 Å². The Labute approximate surface area is 92.3 Å². The lowest BCUT2D eigenvalue weighted by molar-refractivity contribution is 0.0569. The summed E-state index contributed by atoms with van der Waals surface area (Å²) in [6, 6.07) is 6.07. The van der Waals surface area contributed by atoms with Crippen LogP contribution in [0.1, 0.15) is 30.5 Å². The lowest BCUT2D eigenvalue weighted by atomic mass is 9.90. The molecule has 0 heterocycles. The molecule has 0 aromatic heterocycles. The van der Waals surface area contributed by atoms with Crippen LogP contribution in [0.15, 0.2) is 18.2 Å². The molecule has 1 atom stereocenters. The quantitative estimate of drug-likeness (QED) is 0.792. The van der Waals surface area contributed by atoms with E-state index in [0.717, 1.165) is 12.1 Å². The summed E-state index contributed by atoms with van der Waals surface area (Å²) in [6.07, 6.45) is 0. The minimum atomic E-state index is -0.786. The molecule has 15 heavy (non-hydrogen) atoms. The molecule has 84 valence electrons. The Morgan fingerprint density at radius 3 is 2.60 bits per heavy atom. The highest BCUT2D eigenvalue weighted by molar-refractivity contribution is 5.36. The highest BCUT2D eigenvalue weighted by Crippen LogP contribution is 2.25. The van der Waals surface area contributed by atoms with Gasteiger partial charge in [0.25, 0.3) is 0 Å². The first kappa shape index (κ1) is 12.2. The summed E-state index contributed by atoms with van der Waals surface area (Å²) in [4.78, 5) is 0. The van der Waals surface area contributed by atoms with Gasteiger partial charge in [-0.2, -0.15) is 0 Å². The molecule has 0 saturated heterocycles. The Kier molecular flexibility index (Phi) is 3.89. The van der Waals surface area contributed by atoms with Gasteiger partial charge in [0.1, 0.15) is 0 Å². The van der Waals surface area contributed by atoms with Gasteiger partial charge in [0, 0.05) is 6.54 Å². The third kappa shape index (κ3) is 2.80. The zero-order chi connectivity index (χ0) is 11.5. The van der Waals surface area contributed by atoms with Gasteiger partial charge in [0.05, 0.1) is 5.60 Å². The molecule has 1 aromatic rings. The summed E-state index contributed by atoms with van der Waals surface area (Å²) in [6.45, 7) is 9.50. The average molecular weight is 207 g/mol. The Hall–Kier alpha value is -0.860. The van der Waals surface area contributed by atoms with E-state index in [-0.39, 0.29) is 0 Å². The fourth-order valence-electron chi connectivity index (χ4n) is 1.80. The molecule has 1 aromatic carbocycles. The van der Waals surface area contributed by atoms with E-state index in [4.69, 9.17) is 0 Å². The number of rotatable bonds is 4. The topological polar surface area (TPSA) is 32.3 Å². The predicted octanol–water partition coefficient (Wildman–Crippen LogP) is 2.12. The van der Waals surface area contributed by atoms with Crippen molar-refractivity contribution < 1.29 is 5.11 Å². The van der Waals surface area contributed by atoms with Gasteiger partial charge in [-0.15, -0.1) is 0 Å². The Morgan fingerprint density at radius 2 is 2.00 bits per heavy atom. The first-order chi connectivity index (χ1) is 6.99. The average Bonchev–Trinajstić information content (AvgIpc) is 2.19. The summed E-state index contributed by atoms with van der Waals surface area (Å²) in [5.74, 6) is 0. The van der Waals surface area contributed by atoms with Crippen molar-refractivity contribution in [1.29, 1.82) is 0 Å². The van der Waals surface area contributed by atoms with Crippen LogP contribution in [0, 0.1) is 13.8 Å². The normalized spacial score (nSPS) is 15.0. The highest BCUT2D eigenvalue weighted by Gasteiger charge is 2.24. The standard InChI is InChI=1S/C13H21NO/c1-5-14-9-13(4,15)12-8-6-7-10(2)11(12)3/h6-8,14-15H,5,9H2,1-4H3. The van der Waals surface area contributed by atoms with E-state index >= 15 is 0 Å². The second-order valence-electron chi connectivity index (χ2n) is 4.30. The van der Waals surface area contributed by atoms with E-state index in [9.17, 15) is 5.11 Å². The number of hydrogen-bond acceptors (Lipinski definition) is 2. The van der Waals surface area contributed by atoms with Crippen molar-refractivity contribution >= 4 is 0 Å². The maximum atomic E-state index is 10.4. The van der Waals surface area contributed by atoms with Gasteiger partial charge >= 0.3 is 0 Å². The summed E-state index contributed by atoms with van der Waals surface area (Å²) >= 11 is 0. The molecule has 0 bridgehead atoms. The van der Waals surface area contributed by atoms with Crippen molar-refractivity contribution in [3.05, 3.63) is 34.9 Å². The SMILES string of the molecule is CCNCC(C)(O)c1cccc(C)c1C. The number of aryl methyl sites for hydroxylation is 1. The number of likely N-dealkylation sites (N-methyl/N-ethyl adjacent to an activating group) is 1. The Morgan fingerprint density at radius 1 is 1.33 bits per heavy atom. The van der Waals surface area contributed by atoms with E-state index in [1.807, 2.05) is 26.0 Å². The van der Waals surface area contributed by atoms with Gasteiger partial charge in [-0.3, -0.25) is 0 Å². The van der Waals surface area contributed by atoms with Gasteiger partial charge in [-0.25, -0.2) is 0 Å². The van der Waals surface area contributed by atoms with Crippen molar-refractivity contribution in [1.82, 2.24) is 5.32 Å². The number of nitrogens with one attached hydrogen (secondary N) is 1. The number of aliphatic hydroxyl groups is 1. The molecule has 0 radical (unpaired) electrons. The minimum absolute atomic E-state index is 0.591. The zero-order valence-corrected chi connectivity index (χ0v) is 10.1. The van der Waals surface area contributed by atoms with Gasteiger partial charge < -0.3 is 10.4 Å². The van der Waals surface area contributed by atoms with Crippen LogP contribution in [-0.2, 0) is 5.60 Å². The van der Waals surface area contributed by atoms with Crippen LogP contribution >= 0.6 is 0 Å². The second kappa shape index (κ2) is 4.77. The lowest BCUT2D eigenvalue weighted by Gasteiger charge is -2.26. The molecule has 0 spiro atoms. The molecule has 0 saturated carbocycles. The number of hydrogen-bond donors (Lipinski definition) is 2. The van der Waals surface area contributed by atoms with Crippen LogP contribution in [0.5, 0.6) is 0 Å². The highest BCUT2D eigenvalue weighted by atomic mass is 16.3. The van der Waals surface area contributed by atoms with Crippen molar-refractivity contribution in [2.45, 2.75) is 33.3 Å². The van der Waals surface area contributed by atoms with Crippen molar-refractivity contribution in [2.24, 2.45) is 0 Å². The molecule has 1 rings (SSSR count). The van der Waals surface area contributed by atoms with Crippen LogP contribution in [0.4, 0.5) is 0 Å². The van der Waals surface area contributed by atoms with Crippen molar-refractivity contribution in [3.63, 3.8) is 0 Å². The molecule has 1 unspecified atom stereocenters. The second-order valence-corrected chi connectivity index (χ2v) is 4.30. The minimum Gasteiger partial charge on any atom is -0.384 e. The predicted molar refractivity (Wildman–Crippen MR) is 64.0 cm³/mol. The fourth-order valence-corrected chi connectivity index (χ4v) is 1.80. The largest absolute Gasteiger partial charge is 0.384 e. The van der Waals surface area contributed by atoms with E-state index < -0.39 is 5.60 Å². The third-order valence-corrected chi connectivity index (χ3v) is 2.90. The van der Waals surface area contributed by atoms with Gasteiger partial charge in [0.15, 0.2) is 0 Å². The summed E-state index contributed by atoms with van der Waals surface area (Å²) in [5.41, 5.74) is 2.64. The zero-order valence-electron chi connectivity index (χ0n) is 10.1. The van der Waals surface area contributed by atoms with Crippen molar-refractivity contribution in [3.8, 4) is 0 Å². The van der Waals surface area contributed by atoms with E-state index in [0.29, 0.717) is 6.54 Å². The number of benzene rings is 1. The summed E-state index contributed by atoms with van der Waals surface area (Å²) < 4.78 is 0. The summed E-state index contributed by atoms with van der Waals surface area (Å²) in [7, 11) is 0. The smallest absolute Gasteiger partial charge is 0.0994 e. The molecular weight excluding hydrogens is 186 g/mol. The molecule has 0 aliphatic rings. The third-order valence-electron chi connectivity index (χ3n) is 2.90. The maximum absolute atomic E-state index is 10.4. The van der Waals surface area contributed by atoms with E-state index in [2.05, 4.69) is 25.2 Å². The molecule has 0 aliphatic carbocycles. The molecule has 2 nitrogen and oxygen atoms in total. The van der Waals surface area contributed by atoms with E-state index in [1.165, 1.54) is 11.1 Å². The molecular formula is C13H21NO. The first-order valence-electron chi connectivity index (χ1n) is 5.49. The Balaban J connectivity index is 2.98. The van der Waals surface area contributed by atoms with Gasteiger partial charge in [0.2, 0.25) is 0 Å². The maximum Gasteiger partial charge on any atom is 0.0994 e. The summed E-state index contributed by atoms with van der Waals surface area (Å²) in [5, 5.41) is 13.5. The van der Waals surface area contributed by atoms with Crippen molar-refractivity contribution in [2.75, 3.05) is 13.1 Å². The molecule has 0 fully saturated rings. The van der Waals surface area contributed by atoms with Crippen LogP contribution in [0.25, 0.3) is 0 Å². The Bertz CT molecular complexity index is 331.